The topological polar surface area (TPSA) is 51.7 Å². The summed E-state index contributed by atoms with van der Waals surface area (Å²) < 4.78 is 11.8. The predicted molar refractivity (Wildman–Crippen MR) is 88.4 cm³/mol. The van der Waals surface area contributed by atoms with Gasteiger partial charge < -0.3 is 14.4 Å². The number of carbonyl (C=O) groups is 1. The molecule has 5 nitrogen and oxygen atoms in total. The van der Waals surface area contributed by atoms with E-state index in [1.165, 1.54) is 0 Å². The Balaban J connectivity index is 1.95. The number of rotatable bonds is 3. The molecule has 1 aromatic heterocycles. The molecule has 0 bridgehead atoms. The molecule has 0 unspecified atom stereocenters. The third-order valence-electron chi connectivity index (χ3n) is 3.22. The summed E-state index contributed by atoms with van der Waals surface area (Å²) in [6, 6.07) is 3.44. The molecule has 0 aromatic carbocycles. The van der Waals surface area contributed by atoms with Crippen LogP contribution in [0.5, 0.6) is 5.75 Å². The van der Waals surface area contributed by atoms with Gasteiger partial charge in [-0.25, -0.2) is 9.78 Å². The summed E-state index contributed by atoms with van der Waals surface area (Å²) in [5.41, 5.74) is -0.492. The maximum Gasteiger partial charge on any atom is 0.410 e. The number of pyridine rings is 1. The lowest BCUT2D eigenvalue weighted by atomic mass is 10.2. The lowest BCUT2D eigenvalue weighted by molar-refractivity contribution is 0.0187. The van der Waals surface area contributed by atoms with E-state index in [0.717, 1.165) is 12.8 Å². The van der Waals surface area contributed by atoms with E-state index in [2.05, 4.69) is 20.9 Å². The zero-order chi connectivity index (χ0) is 16.3. The van der Waals surface area contributed by atoms with E-state index < -0.39 is 5.60 Å². The smallest absolute Gasteiger partial charge is 0.410 e. The van der Waals surface area contributed by atoms with Gasteiger partial charge in [0.05, 0.1) is 6.04 Å². The van der Waals surface area contributed by atoms with Crippen molar-refractivity contribution in [3.05, 3.63) is 21.9 Å². The van der Waals surface area contributed by atoms with E-state index >= 15 is 0 Å². The maximum atomic E-state index is 12.2. The summed E-state index contributed by atoms with van der Waals surface area (Å²) in [5, 5.41) is 0.399. The van der Waals surface area contributed by atoms with Crippen LogP contribution in [0.4, 0.5) is 4.79 Å². The molecule has 1 saturated heterocycles. The Morgan fingerprint density at radius 3 is 2.86 bits per heavy atom. The highest BCUT2D eigenvalue weighted by atomic mass is 79.9. The Morgan fingerprint density at radius 1 is 1.50 bits per heavy atom. The molecule has 1 atom stereocenters. The molecule has 122 valence electrons. The molecule has 0 saturated carbocycles. The monoisotopic (exact) mass is 390 g/mol. The summed E-state index contributed by atoms with van der Waals surface area (Å²) in [6.07, 6.45) is 1.57. The van der Waals surface area contributed by atoms with Crippen LogP contribution in [0, 0.1) is 0 Å². The Bertz CT molecular complexity index is 548. The van der Waals surface area contributed by atoms with Gasteiger partial charge in [0.2, 0.25) is 0 Å². The van der Waals surface area contributed by atoms with Crippen molar-refractivity contribution in [2.45, 2.75) is 45.3 Å². The second-order valence-electron chi connectivity index (χ2n) is 6.20. The third-order valence-corrected chi connectivity index (χ3v) is 4.00. The van der Waals surface area contributed by atoms with Gasteiger partial charge in [0.1, 0.15) is 22.0 Å². The van der Waals surface area contributed by atoms with Crippen LogP contribution in [0.2, 0.25) is 5.15 Å². The van der Waals surface area contributed by atoms with E-state index in [1.54, 1.807) is 17.0 Å². The summed E-state index contributed by atoms with van der Waals surface area (Å²) >= 11 is 9.12. The third kappa shape index (κ3) is 4.74. The first-order valence-electron chi connectivity index (χ1n) is 7.21. The molecular formula is C15H20BrClN2O3. The van der Waals surface area contributed by atoms with Crippen LogP contribution >= 0.6 is 27.5 Å². The molecule has 1 amide bonds. The van der Waals surface area contributed by atoms with Crippen molar-refractivity contribution in [1.29, 1.82) is 0 Å². The fraction of sp³-hybridized carbons (Fsp3) is 0.600. The fourth-order valence-corrected chi connectivity index (χ4v) is 2.95. The maximum absolute atomic E-state index is 12.2. The molecule has 7 heteroatoms. The molecule has 1 aliphatic rings. The average Bonchev–Trinajstić information content (AvgIpc) is 2.84. The second-order valence-corrected chi connectivity index (χ2v) is 7.34. The quantitative estimate of drug-likeness (QED) is 0.722. The largest absolute Gasteiger partial charge is 0.489 e. The number of carbonyl (C=O) groups excluding carboxylic acids is 1. The molecule has 22 heavy (non-hydrogen) atoms. The lowest BCUT2D eigenvalue weighted by Crippen LogP contribution is -2.42. The number of hydrogen-bond donors (Lipinski definition) is 0. The Hall–Kier alpha value is -1.01. The minimum atomic E-state index is -0.492. The van der Waals surface area contributed by atoms with Crippen molar-refractivity contribution in [3.8, 4) is 5.75 Å². The second kappa shape index (κ2) is 7.04. The summed E-state index contributed by atoms with van der Waals surface area (Å²) in [4.78, 5) is 18.0. The van der Waals surface area contributed by atoms with Crippen LogP contribution < -0.4 is 4.74 Å². The molecule has 0 radical (unpaired) electrons. The molecule has 0 N–H and O–H groups in total. The van der Waals surface area contributed by atoms with Crippen LogP contribution in [0.3, 0.4) is 0 Å². The van der Waals surface area contributed by atoms with Crippen molar-refractivity contribution in [2.24, 2.45) is 0 Å². The minimum absolute atomic E-state index is 0.0115. The van der Waals surface area contributed by atoms with Crippen LogP contribution in [0.1, 0.15) is 33.6 Å². The van der Waals surface area contributed by atoms with Crippen LogP contribution in [0.15, 0.2) is 16.7 Å². The highest BCUT2D eigenvalue weighted by molar-refractivity contribution is 9.10. The first-order valence-corrected chi connectivity index (χ1v) is 8.38. The lowest BCUT2D eigenvalue weighted by Gasteiger charge is -2.28. The van der Waals surface area contributed by atoms with E-state index in [4.69, 9.17) is 21.1 Å². The Kier molecular flexibility index (Phi) is 5.55. The summed E-state index contributed by atoms with van der Waals surface area (Å²) in [6.45, 7) is 6.69. The molecule has 1 fully saturated rings. The van der Waals surface area contributed by atoms with Crippen molar-refractivity contribution in [3.63, 3.8) is 0 Å². The van der Waals surface area contributed by atoms with Crippen LogP contribution in [0.25, 0.3) is 0 Å². The number of halogens is 2. The predicted octanol–water partition coefficient (Wildman–Crippen LogP) is 4.28. The molecule has 2 heterocycles. The number of ether oxygens (including phenoxy) is 2. The van der Waals surface area contributed by atoms with Gasteiger partial charge in [-0.2, -0.15) is 0 Å². The van der Waals surface area contributed by atoms with E-state index in [9.17, 15) is 4.79 Å². The number of amides is 1. The standard InChI is InChI=1S/C15H20BrClN2O3/c1-15(2,3)22-14(20)19-8-4-5-10(19)9-21-11-6-7-12(17)18-13(11)16/h6-7,10H,4-5,8-9H2,1-3H3/t10-/m0/s1. The first kappa shape index (κ1) is 17.3. The minimum Gasteiger partial charge on any atom is -0.489 e. The highest BCUT2D eigenvalue weighted by Gasteiger charge is 2.32. The van der Waals surface area contributed by atoms with Gasteiger partial charge in [-0.3, -0.25) is 0 Å². The molecule has 1 aliphatic heterocycles. The van der Waals surface area contributed by atoms with Gasteiger partial charge in [-0.1, -0.05) is 11.6 Å². The van der Waals surface area contributed by atoms with Crippen molar-refractivity contribution in [2.75, 3.05) is 13.2 Å². The van der Waals surface area contributed by atoms with Gasteiger partial charge in [-0.05, 0) is 61.7 Å². The van der Waals surface area contributed by atoms with Crippen molar-refractivity contribution >= 4 is 33.6 Å². The van der Waals surface area contributed by atoms with E-state index in [1.807, 2.05) is 20.8 Å². The van der Waals surface area contributed by atoms with Gasteiger partial charge in [0.15, 0.2) is 5.75 Å². The van der Waals surface area contributed by atoms with Gasteiger partial charge >= 0.3 is 6.09 Å². The number of likely N-dealkylation sites (tertiary alicyclic amines) is 1. The average molecular weight is 392 g/mol. The number of hydrogen-bond acceptors (Lipinski definition) is 4. The number of nitrogens with zero attached hydrogens (tertiary/aromatic N) is 2. The Labute approximate surface area is 144 Å². The molecule has 2 rings (SSSR count). The van der Waals surface area contributed by atoms with E-state index in [0.29, 0.717) is 28.7 Å². The normalized spacial score (nSPS) is 18.4. The fourth-order valence-electron chi connectivity index (χ4n) is 2.26. The van der Waals surface area contributed by atoms with Crippen LogP contribution in [-0.4, -0.2) is 40.8 Å². The molecule has 0 aliphatic carbocycles. The zero-order valence-electron chi connectivity index (χ0n) is 12.9. The zero-order valence-corrected chi connectivity index (χ0v) is 15.3. The van der Waals surface area contributed by atoms with Gasteiger partial charge in [0, 0.05) is 6.54 Å². The molecule has 1 aromatic rings. The molecular weight excluding hydrogens is 372 g/mol. The number of aromatic nitrogens is 1. The summed E-state index contributed by atoms with van der Waals surface area (Å²) in [7, 11) is 0. The SMILES string of the molecule is CC(C)(C)OC(=O)N1CCC[C@H]1COc1ccc(Cl)nc1Br. The first-order chi connectivity index (χ1) is 10.3. The Morgan fingerprint density at radius 2 is 2.23 bits per heavy atom. The van der Waals surface area contributed by atoms with Crippen molar-refractivity contribution < 1.29 is 14.3 Å². The van der Waals surface area contributed by atoms with Crippen LogP contribution in [-0.2, 0) is 4.74 Å². The molecule has 0 spiro atoms. The van der Waals surface area contributed by atoms with E-state index in [-0.39, 0.29) is 12.1 Å². The highest BCUT2D eigenvalue weighted by Crippen LogP contribution is 2.26. The van der Waals surface area contributed by atoms with Gasteiger partial charge in [0.25, 0.3) is 0 Å². The van der Waals surface area contributed by atoms with Crippen molar-refractivity contribution in [1.82, 2.24) is 9.88 Å². The summed E-state index contributed by atoms with van der Waals surface area (Å²) in [5.74, 6) is 0.612. The van der Waals surface area contributed by atoms with Gasteiger partial charge in [-0.15, -0.1) is 0 Å².